The van der Waals surface area contributed by atoms with Crippen LogP contribution in [-0.2, 0) is 0 Å². The summed E-state index contributed by atoms with van der Waals surface area (Å²) in [6, 6.07) is 8.52. The van der Waals surface area contributed by atoms with E-state index < -0.39 is 11.6 Å². The molecule has 0 unspecified atom stereocenters. The smallest absolute Gasteiger partial charge is 0.151 e. The molecular weight excluding hydrogens is 500 g/mol. The van der Waals surface area contributed by atoms with Gasteiger partial charge in [-0.2, -0.15) is 0 Å². The number of anilines is 3. The molecule has 0 aliphatic carbocycles. The summed E-state index contributed by atoms with van der Waals surface area (Å²) in [5.41, 5.74) is 2.49. The zero-order valence-corrected chi connectivity index (χ0v) is 22.6. The number of hydrogen-bond donors (Lipinski definition) is 3. The number of aryl methyl sites for hydroxylation is 1. The number of nitrogens with zero attached hydrogens (tertiary/aromatic N) is 5. The van der Waals surface area contributed by atoms with Crippen molar-refractivity contribution in [2.75, 3.05) is 43.4 Å². The Morgan fingerprint density at radius 2 is 1.79 bits per heavy atom. The summed E-state index contributed by atoms with van der Waals surface area (Å²) >= 11 is 0. The number of hydrogen-bond acceptors (Lipinski definition) is 7. The molecule has 1 aliphatic rings. The maximum Gasteiger partial charge on any atom is 0.151 e. The Morgan fingerprint density at radius 3 is 2.49 bits per heavy atom. The van der Waals surface area contributed by atoms with Crippen molar-refractivity contribution in [2.45, 2.75) is 39.7 Å². The highest BCUT2D eigenvalue weighted by Gasteiger charge is 2.19. The van der Waals surface area contributed by atoms with Gasteiger partial charge in [0.15, 0.2) is 5.82 Å². The Morgan fingerprint density at radius 1 is 1.03 bits per heavy atom. The zero-order valence-electron chi connectivity index (χ0n) is 22.6. The summed E-state index contributed by atoms with van der Waals surface area (Å²) in [5.74, 6) is 1.24. The van der Waals surface area contributed by atoms with Crippen LogP contribution in [0.1, 0.15) is 38.6 Å². The van der Waals surface area contributed by atoms with Gasteiger partial charge in [-0.05, 0) is 88.5 Å². The molecule has 3 N–H and O–H groups in total. The number of β-amino-alcohol motifs (C(OH)–C–C–N with tert-alkyl or cyclic N) is 1. The molecule has 1 aromatic carbocycles. The number of aliphatic hydroxyl groups is 1. The Labute approximate surface area is 227 Å². The van der Waals surface area contributed by atoms with Gasteiger partial charge in [0.05, 0.1) is 30.2 Å². The molecular formula is C29H35F2N7O. The third-order valence-electron chi connectivity index (χ3n) is 7.35. The fourth-order valence-electron chi connectivity index (χ4n) is 5.33. The number of nitrogens with one attached hydrogen (secondary N) is 2. The van der Waals surface area contributed by atoms with E-state index in [0.717, 1.165) is 50.9 Å². The summed E-state index contributed by atoms with van der Waals surface area (Å²) in [7, 11) is 0. The number of likely N-dealkylation sites (tertiary alicyclic amines) is 1. The van der Waals surface area contributed by atoms with Gasteiger partial charge in [0, 0.05) is 24.7 Å². The molecule has 1 aliphatic heterocycles. The molecule has 206 valence electrons. The van der Waals surface area contributed by atoms with E-state index >= 15 is 0 Å². The van der Waals surface area contributed by atoms with E-state index in [1.807, 2.05) is 37.5 Å². The average Bonchev–Trinajstić information content (AvgIpc) is 3.27. The molecule has 0 saturated carbocycles. The van der Waals surface area contributed by atoms with Gasteiger partial charge < -0.3 is 25.2 Å². The van der Waals surface area contributed by atoms with Crippen molar-refractivity contribution in [3.05, 3.63) is 60.2 Å². The molecule has 0 amide bonds. The summed E-state index contributed by atoms with van der Waals surface area (Å²) < 4.78 is 31.8. The minimum atomic E-state index is -0.540. The average molecular weight is 536 g/mol. The van der Waals surface area contributed by atoms with Crippen molar-refractivity contribution in [3.63, 3.8) is 0 Å². The lowest BCUT2D eigenvalue weighted by molar-refractivity contribution is 0.151. The standard InChI is InChI=1S/C29H35F2N7O/c1-18(2)38-19(3)35-29-24(30)12-21(13-26(29)38)23-14-28(34-17-25(23)31)36-27-5-4-22(16-33-27)32-15-20-6-8-37(9-7-20)10-11-39/h4-5,12-14,16-18,20,32,39H,6-11,15H2,1-3H3,(H,33,34,36). The van der Waals surface area contributed by atoms with Crippen LogP contribution in [0, 0.1) is 24.5 Å². The van der Waals surface area contributed by atoms with E-state index in [2.05, 4.69) is 30.5 Å². The lowest BCUT2D eigenvalue weighted by atomic mass is 9.97. The molecule has 0 bridgehead atoms. The molecule has 8 nitrogen and oxygen atoms in total. The SMILES string of the molecule is Cc1nc2c(F)cc(-c3cc(Nc4ccc(NCC5CCN(CCO)CC5)cn4)ncc3F)cc2n1C(C)C. The van der Waals surface area contributed by atoms with Crippen LogP contribution >= 0.6 is 0 Å². The van der Waals surface area contributed by atoms with E-state index in [1.165, 1.54) is 6.07 Å². The second kappa shape index (κ2) is 11.6. The lowest BCUT2D eigenvalue weighted by Gasteiger charge is -2.31. The maximum absolute atomic E-state index is 15.0. The highest BCUT2D eigenvalue weighted by molar-refractivity contribution is 5.84. The molecule has 10 heteroatoms. The van der Waals surface area contributed by atoms with E-state index in [4.69, 9.17) is 5.11 Å². The third kappa shape index (κ3) is 6.02. The van der Waals surface area contributed by atoms with E-state index in [9.17, 15) is 8.78 Å². The van der Waals surface area contributed by atoms with E-state index in [0.29, 0.717) is 34.5 Å². The first-order chi connectivity index (χ1) is 18.8. The van der Waals surface area contributed by atoms with Gasteiger partial charge in [0.2, 0.25) is 0 Å². The number of halogens is 2. The van der Waals surface area contributed by atoms with Crippen LogP contribution in [0.5, 0.6) is 0 Å². The number of pyridine rings is 2. The quantitative estimate of drug-likeness (QED) is 0.260. The number of aliphatic hydroxyl groups excluding tert-OH is 1. The van der Waals surface area contributed by atoms with Crippen molar-refractivity contribution >= 4 is 28.4 Å². The number of aromatic nitrogens is 4. The molecule has 3 aromatic heterocycles. The molecule has 5 rings (SSSR count). The summed E-state index contributed by atoms with van der Waals surface area (Å²) in [4.78, 5) is 15.3. The van der Waals surface area contributed by atoms with Gasteiger partial charge in [-0.3, -0.25) is 0 Å². The minimum absolute atomic E-state index is 0.0811. The Bertz CT molecular complexity index is 1430. The second-order valence-electron chi connectivity index (χ2n) is 10.4. The van der Waals surface area contributed by atoms with Crippen LogP contribution in [0.15, 0.2) is 42.7 Å². The molecule has 1 fully saturated rings. The van der Waals surface area contributed by atoms with Gasteiger partial charge in [0.1, 0.15) is 28.8 Å². The molecule has 4 aromatic rings. The third-order valence-corrected chi connectivity index (χ3v) is 7.35. The molecule has 1 saturated heterocycles. The Balaban J connectivity index is 1.27. The van der Waals surface area contributed by atoms with Crippen molar-refractivity contribution in [2.24, 2.45) is 5.92 Å². The monoisotopic (exact) mass is 535 g/mol. The highest BCUT2D eigenvalue weighted by atomic mass is 19.1. The van der Waals surface area contributed by atoms with Crippen LogP contribution in [0.4, 0.5) is 26.1 Å². The van der Waals surface area contributed by atoms with Crippen LogP contribution in [0.3, 0.4) is 0 Å². The Hall–Kier alpha value is -3.63. The molecule has 0 atom stereocenters. The van der Waals surface area contributed by atoms with Crippen molar-refractivity contribution in [1.82, 2.24) is 24.4 Å². The highest BCUT2D eigenvalue weighted by Crippen LogP contribution is 2.32. The maximum atomic E-state index is 15.0. The minimum Gasteiger partial charge on any atom is -0.395 e. The number of piperidine rings is 1. The van der Waals surface area contributed by atoms with Crippen LogP contribution in [0.2, 0.25) is 0 Å². The first-order valence-corrected chi connectivity index (χ1v) is 13.5. The molecule has 4 heterocycles. The lowest BCUT2D eigenvalue weighted by Crippen LogP contribution is -2.37. The number of benzene rings is 1. The predicted octanol–water partition coefficient (Wildman–Crippen LogP) is 5.52. The molecule has 39 heavy (non-hydrogen) atoms. The van der Waals surface area contributed by atoms with Crippen molar-refractivity contribution < 1.29 is 13.9 Å². The van der Waals surface area contributed by atoms with Crippen LogP contribution in [-0.4, -0.2) is 62.3 Å². The number of fused-ring (bicyclic) bond motifs is 1. The fraction of sp³-hybridized carbons (Fsp3) is 0.414. The zero-order chi connectivity index (χ0) is 27.5. The second-order valence-corrected chi connectivity index (χ2v) is 10.4. The van der Waals surface area contributed by atoms with Gasteiger partial charge in [-0.25, -0.2) is 23.7 Å². The normalized spacial score (nSPS) is 14.8. The largest absolute Gasteiger partial charge is 0.395 e. The van der Waals surface area contributed by atoms with Gasteiger partial charge >= 0.3 is 0 Å². The molecule has 0 radical (unpaired) electrons. The Kier molecular flexibility index (Phi) is 8.04. The molecule has 0 spiro atoms. The summed E-state index contributed by atoms with van der Waals surface area (Å²) in [6.07, 6.45) is 5.10. The summed E-state index contributed by atoms with van der Waals surface area (Å²) in [6.45, 7) is 9.72. The van der Waals surface area contributed by atoms with Crippen LogP contribution < -0.4 is 10.6 Å². The first-order valence-electron chi connectivity index (χ1n) is 13.5. The van der Waals surface area contributed by atoms with Gasteiger partial charge in [-0.1, -0.05) is 0 Å². The van der Waals surface area contributed by atoms with Gasteiger partial charge in [-0.15, -0.1) is 0 Å². The van der Waals surface area contributed by atoms with Crippen molar-refractivity contribution in [1.29, 1.82) is 0 Å². The van der Waals surface area contributed by atoms with Gasteiger partial charge in [0.25, 0.3) is 0 Å². The first kappa shape index (κ1) is 27.0. The predicted molar refractivity (Wildman–Crippen MR) is 150 cm³/mol. The summed E-state index contributed by atoms with van der Waals surface area (Å²) in [5, 5.41) is 15.7. The van der Waals surface area contributed by atoms with E-state index in [1.54, 1.807) is 18.3 Å². The number of rotatable bonds is 9. The topological polar surface area (TPSA) is 91.1 Å². The number of imidazole rings is 1. The van der Waals surface area contributed by atoms with Crippen LogP contribution in [0.25, 0.3) is 22.2 Å². The van der Waals surface area contributed by atoms with E-state index in [-0.39, 0.29) is 23.7 Å². The van der Waals surface area contributed by atoms with Crippen molar-refractivity contribution in [3.8, 4) is 11.1 Å². The fourth-order valence-corrected chi connectivity index (χ4v) is 5.33.